The average molecular weight is 184 g/mol. The fourth-order valence-corrected chi connectivity index (χ4v) is 2.28. The first-order valence-electron chi connectivity index (χ1n) is 5.25. The van der Waals surface area contributed by atoms with Gasteiger partial charge in [0.05, 0.1) is 6.10 Å². The van der Waals surface area contributed by atoms with Crippen molar-refractivity contribution in [3.63, 3.8) is 0 Å². The molecule has 2 rings (SSSR count). The van der Waals surface area contributed by atoms with Crippen LogP contribution in [0.2, 0.25) is 0 Å². The van der Waals surface area contributed by atoms with Gasteiger partial charge in [-0.2, -0.15) is 0 Å². The van der Waals surface area contributed by atoms with E-state index in [0.717, 1.165) is 19.1 Å². The Labute approximate surface area is 80.6 Å². The number of hydrogen-bond donors (Lipinski definition) is 0. The van der Waals surface area contributed by atoms with Crippen LogP contribution < -0.4 is 0 Å². The molecule has 0 aliphatic carbocycles. The van der Waals surface area contributed by atoms with E-state index >= 15 is 0 Å². The molecule has 2 fully saturated rings. The van der Waals surface area contributed by atoms with Crippen LogP contribution in [0.25, 0.3) is 0 Å². The lowest BCUT2D eigenvalue weighted by atomic mass is 9.99. The molecule has 13 heavy (non-hydrogen) atoms. The predicted octanol–water partition coefficient (Wildman–Crippen LogP) is 0.411. The Balaban J connectivity index is 1.71. The van der Waals surface area contributed by atoms with Crippen LogP contribution in [0.5, 0.6) is 0 Å². The van der Waals surface area contributed by atoms with Crippen molar-refractivity contribution in [2.24, 2.45) is 0 Å². The maximum absolute atomic E-state index is 5.28. The lowest BCUT2D eigenvalue weighted by molar-refractivity contribution is -0.0605. The number of hydrogen-bond acceptors (Lipinski definition) is 3. The molecular weight excluding hydrogens is 164 g/mol. The summed E-state index contributed by atoms with van der Waals surface area (Å²) in [5.74, 6) is 0. The highest BCUT2D eigenvalue weighted by atomic mass is 16.5. The molecule has 0 aromatic rings. The maximum Gasteiger partial charge on any atom is 0.0825 e. The van der Waals surface area contributed by atoms with Gasteiger partial charge >= 0.3 is 0 Å². The SMILES string of the molecule is COC1CN(C2CCN(C)CC2)C1. The van der Waals surface area contributed by atoms with Gasteiger partial charge in [0.15, 0.2) is 0 Å². The molecular formula is C10H20N2O. The van der Waals surface area contributed by atoms with Gasteiger partial charge in [-0.1, -0.05) is 0 Å². The standard InChI is InChI=1S/C10H20N2O/c1-11-5-3-9(4-6-11)12-7-10(8-12)13-2/h9-10H,3-8H2,1-2H3. The van der Waals surface area contributed by atoms with E-state index in [1.807, 2.05) is 7.11 Å². The quantitative estimate of drug-likeness (QED) is 0.618. The molecule has 3 nitrogen and oxygen atoms in total. The Morgan fingerprint density at radius 1 is 1.15 bits per heavy atom. The van der Waals surface area contributed by atoms with Crippen molar-refractivity contribution < 1.29 is 4.74 Å². The Morgan fingerprint density at radius 2 is 1.77 bits per heavy atom. The highest BCUT2D eigenvalue weighted by molar-refractivity contribution is 4.88. The number of piperidine rings is 1. The zero-order valence-electron chi connectivity index (χ0n) is 8.70. The third-order valence-corrected chi connectivity index (χ3v) is 3.41. The van der Waals surface area contributed by atoms with Crippen molar-refractivity contribution in [2.75, 3.05) is 40.3 Å². The third kappa shape index (κ3) is 2.03. The smallest absolute Gasteiger partial charge is 0.0825 e. The lowest BCUT2D eigenvalue weighted by Gasteiger charge is -2.46. The second-order valence-electron chi connectivity index (χ2n) is 4.35. The second kappa shape index (κ2) is 3.95. The minimum absolute atomic E-state index is 0.514. The van der Waals surface area contributed by atoms with Gasteiger partial charge in [-0.25, -0.2) is 0 Å². The largest absolute Gasteiger partial charge is 0.379 e. The highest BCUT2D eigenvalue weighted by Crippen LogP contribution is 2.22. The molecule has 0 N–H and O–H groups in total. The number of rotatable bonds is 2. The van der Waals surface area contributed by atoms with Gasteiger partial charge in [0, 0.05) is 26.2 Å². The van der Waals surface area contributed by atoms with Crippen LogP contribution in [0.1, 0.15) is 12.8 Å². The molecule has 0 spiro atoms. The van der Waals surface area contributed by atoms with Crippen LogP contribution >= 0.6 is 0 Å². The van der Waals surface area contributed by atoms with Gasteiger partial charge in [-0.15, -0.1) is 0 Å². The molecule has 2 aliphatic heterocycles. The number of likely N-dealkylation sites (tertiary alicyclic amines) is 2. The second-order valence-corrected chi connectivity index (χ2v) is 4.35. The van der Waals surface area contributed by atoms with Crippen molar-refractivity contribution >= 4 is 0 Å². The van der Waals surface area contributed by atoms with Crippen molar-refractivity contribution in [3.05, 3.63) is 0 Å². The summed E-state index contributed by atoms with van der Waals surface area (Å²) in [4.78, 5) is 4.99. The summed E-state index contributed by atoms with van der Waals surface area (Å²) in [5, 5.41) is 0. The molecule has 0 saturated carbocycles. The molecule has 0 atom stereocenters. The summed E-state index contributed by atoms with van der Waals surface area (Å²) in [7, 11) is 4.03. The highest BCUT2D eigenvalue weighted by Gasteiger charge is 2.33. The van der Waals surface area contributed by atoms with Crippen molar-refractivity contribution in [3.8, 4) is 0 Å². The van der Waals surface area contributed by atoms with E-state index in [9.17, 15) is 0 Å². The van der Waals surface area contributed by atoms with E-state index in [4.69, 9.17) is 4.74 Å². The fraction of sp³-hybridized carbons (Fsp3) is 1.00. The molecule has 0 unspecified atom stereocenters. The monoisotopic (exact) mass is 184 g/mol. The van der Waals surface area contributed by atoms with Crippen LogP contribution in [0, 0.1) is 0 Å². The van der Waals surface area contributed by atoms with E-state index in [-0.39, 0.29) is 0 Å². The van der Waals surface area contributed by atoms with Crippen LogP contribution in [-0.4, -0.2) is 62.3 Å². The first-order chi connectivity index (χ1) is 6.29. The molecule has 0 bridgehead atoms. The Morgan fingerprint density at radius 3 is 2.31 bits per heavy atom. The first-order valence-corrected chi connectivity index (χ1v) is 5.25. The molecule has 0 amide bonds. The first kappa shape index (κ1) is 9.44. The minimum Gasteiger partial charge on any atom is -0.379 e. The van der Waals surface area contributed by atoms with Gasteiger partial charge < -0.3 is 9.64 Å². The Hall–Kier alpha value is -0.120. The summed E-state index contributed by atoms with van der Waals surface area (Å²) in [6, 6.07) is 0.836. The summed E-state index contributed by atoms with van der Waals surface area (Å²) < 4.78 is 5.28. The van der Waals surface area contributed by atoms with E-state index in [0.29, 0.717) is 6.10 Å². The minimum atomic E-state index is 0.514. The molecule has 0 radical (unpaired) electrons. The molecule has 0 aromatic carbocycles. The van der Waals surface area contributed by atoms with Crippen molar-refractivity contribution in [2.45, 2.75) is 25.0 Å². The third-order valence-electron chi connectivity index (χ3n) is 3.41. The molecule has 2 aliphatic rings. The van der Waals surface area contributed by atoms with Crippen LogP contribution in [0.4, 0.5) is 0 Å². The van der Waals surface area contributed by atoms with E-state index < -0.39 is 0 Å². The molecule has 2 heterocycles. The topological polar surface area (TPSA) is 15.7 Å². The zero-order valence-corrected chi connectivity index (χ0v) is 8.70. The van der Waals surface area contributed by atoms with E-state index in [2.05, 4.69) is 16.8 Å². The summed E-state index contributed by atoms with van der Waals surface area (Å²) in [5.41, 5.74) is 0. The molecule has 76 valence electrons. The zero-order chi connectivity index (χ0) is 9.26. The maximum atomic E-state index is 5.28. The van der Waals surface area contributed by atoms with Gasteiger partial charge in [0.2, 0.25) is 0 Å². The molecule has 0 aromatic heterocycles. The van der Waals surface area contributed by atoms with Gasteiger partial charge in [0.1, 0.15) is 0 Å². The average Bonchev–Trinajstić information content (AvgIpc) is 2.06. The van der Waals surface area contributed by atoms with Gasteiger partial charge in [0.25, 0.3) is 0 Å². The number of nitrogens with zero attached hydrogens (tertiary/aromatic N) is 2. The van der Waals surface area contributed by atoms with Crippen LogP contribution in [0.3, 0.4) is 0 Å². The number of ether oxygens (including phenoxy) is 1. The normalized spacial score (nSPS) is 29.1. The Kier molecular flexibility index (Phi) is 2.86. The predicted molar refractivity (Wildman–Crippen MR) is 52.9 cm³/mol. The van der Waals surface area contributed by atoms with Crippen molar-refractivity contribution in [1.29, 1.82) is 0 Å². The fourth-order valence-electron chi connectivity index (χ4n) is 2.28. The van der Waals surface area contributed by atoms with Crippen LogP contribution in [-0.2, 0) is 4.74 Å². The molecule has 3 heteroatoms. The molecule has 2 saturated heterocycles. The summed E-state index contributed by atoms with van der Waals surface area (Å²) in [6.45, 7) is 4.84. The summed E-state index contributed by atoms with van der Waals surface area (Å²) in [6.07, 6.45) is 3.19. The van der Waals surface area contributed by atoms with Gasteiger partial charge in [-0.3, -0.25) is 4.90 Å². The van der Waals surface area contributed by atoms with Gasteiger partial charge in [-0.05, 0) is 33.0 Å². The Bertz CT molecular complexity index is 160. The lowest BCUT2D eigenvalue weighted by Crippen LogP contribution is -2.58. The van der Waals surface area contributed by atoms with E-state index in [1.165, 1.54) is 25.9 Å². The van der Waals surface area contributed by atoms with Crippen molar-refractivity contribution in [1.82, 2.24) is 9.80 Å². The van der Waals surface area contributed by atoms with E-state index in [1.54, 1.807) is 0 Å². The summed E-state index contributed by atoms with van der Waals surface area (Å²) >= 11 is 0. The van der Waals surface area contributed by atoms with Crippen LogP contribution in [0.15, 0.2) is 0 Å². The number of methoxy groups -OCH3 is 1.